The highest BCUT2D eigenvalue weighted by atomic mass is 16.6. The maximum Gasteiger partial charge on any atom is 0.410 e. The van der Waals surface area contributed by atoms with E-state index in [1.54, 1.807) is 7.11 Å². The molecule has 0 spiro atoms. The first-order valence-corrected chi connectivity index (χ1v) is 10.2. The van der Waals surface area contributed by atoms with Gasteiger partial charge in [-0.25, -0.2) is 4.79 Å². The topological polar surface area (TPSA) is 51.2 Å². The number of amides is 1. The van der Waals surface area contributed by atoms with Gasteiger partial charge in [-0.15, -0.1) is 0 Å². The number of rotatable bonds is 6. The lowest BCUT2D eigenvalue weighted by Crippen LogP contribution is -2.47. The molecule has 4 rings (SSSR count). The summed E-state index contributed by atoms with van der Waals surface area (Å²) in [6, 6.07) is 16.3. The molecule has 0 bridgehead atoms. The molecule has 6 nitrogen and oxygen atoms in total. The Morgan fingerprint density at radius 3 is 2.52 bits per heavy atom. The average molecular weight is 396 g/mol. The van der Waals surface area contributed by atoms with E-state index in [2.05, 4.69) is 24.0 Å². The molecular weight excluding hydrogens is 368 g/mol. The number of benzene rings is 2. The molecule has 29 heavy (non-hydrogen) atoms. The van der Waals surface area contributed by atoms with Crippen LogP contribution in [0.1, 0.15) is 25.3 Å². The van der Waals surface area contributed by atoms with Crippen LogP contribution in [-0.4, -0.2) is 54.8 Å². The van der Waals surface area contributed by atoms with Gasteiger partial charge in [-0.2, -0.15) is 0 Å². The Kier molecular flexibility index (Phi) is 5.90. The van der Waals surface area contributed by atoms with Crippen molar-refractivity contribution in [1.82, 2.24) is 9.80 Å². The number of para-hydroxylation sites is 2. The number of hydrogen-bond donors (Lipinski definition) is 0. The molecule has 154 valence electrons. The van der Waals surface area contributed by atoms with Crippen LogP contribution < -0.4 is 9.47 Å². The Bertz CT molecular complexity index is 848. The predicted octanol–water partition coefficient (Wildman–Crippen LogP) is 4.29. The molecule has 2 aromatic rings. The van der Waals surface area contributed by atoms with Crippen LogP contribution in [0.25, 0.3) is 0 Å². The molecule has 0 aliphatic carbocycles. The molecule has 2 fully saturated rings. The SMILES string of the molecule is COc1ccccc1Oc1cccc(CN2CCC(N3C(=O)OCC3C)CC2)c1. The van der Waals surface area contributed by atoms with Crippen molar-refractivity contribution in [3.05, 3.63) is 54.1 Å². The molecular formula is C23H28N2O4. The molecule has 2 heterocycles. The Morgan fingerprint density at radius 2 is 1.83 bits per heavy atom. The minimum Gasteiger partial charge on any atom is -0.493 e. The second kappa shape index (κ2) is 8.74. The van der Waals surface area contributed by atoms with Crippen molar-refractivity contribution in [1.29, 1.82) is 0 Å². The fraction of sp³-hybridized carbons (Fsp3) is 0.435. The van der Waals surface area contributed by atoms with Crippen LogP contribution in [-0.2, 0) is 11.3 Å². The van der Waals surface area contributed by atoms with E-state index in [4.69, 9.17) is 14.2 Å². The highest BCUT2D eigenvalue weighted by Gasteiger charge is 2.36. The van der Waals surface area contributed by atoms with Gasteiger partial charge >= 0.3 is 6.09 Å². The van der Waals surface area contributed by atoms with Gasteiger partial charge in [0.25, 0.3) is 0 Å². The third kappa shape index (κ3) is 4.48. The van der Waals surface area contributed by atoms with Gasteiger partial charge in [-0.1, -0.05) is 24.3 Å². The minimum absolute atomic E-state index is 0.155. The van der Waals surface area contributed by atoms with Crippen molar-refractivity contribution in [2.45, 2.75) is 38.4 Å². The summed E-state index contributed by atoms with van der Waals surface area (Å²) < 4.78 is 16.6. The van der Waals surface area contributed by atoms with Crippen LogP contribution in [0.15, 0.2) is 48.5 Å². The number of methoxy groups -OCH3 is 1. The van der Waals surface area contributed by atoms with E-state index in [1.807, 2.05) is 41.3 Å². The van der Waals surface area contributed by atoms with E-state index >= 15 is 0 Å². The molecule has 1 atom stereocenters. The Balaban J connectivity index is 1.35. The van der Waals surface area contributed by atoms with Crippen LogP contribution in [0.2, 0.25) is 0 Å². The second-order valence-corrected chi connectivity index (χ2v) is 7.74. The van der Waals surface area contributed by atoms with Crippen LogP contribution in [0.3, 0.4) is 0 Å². The zero-order chi connectivity index (χ0) is 20.2. The van der Waals surface area contributed by atoms with Crippen molar-refractivity contribution in [2.75, 3.05) is 26.8 Å². The second-order valence-electron chi connectivity index (χ2n) is 7.74. The number of piperidine rings is 1. The summed E-state index contributed by atoms with van der Waals surface area (Å²) in [6.45, 7) is 5.38. The lowest BCUT2D eigenvalue weighted by molar-refractivity contribution is 0.106. The third-order valence-corrected chi connectivity index (χ3v) is 5.69. The molecule has 2 saturated heterocycles. The summed E-state index contributed by atoms with van der Waals surface area (Å²) in [5.74, 6) is 2.23. The molecule has 0 radical (unpaired) electrons. The van der Waals surface area contributed by atoms with Crippen molar-refractivity contribution in [3.63, 3.8) is 0 Å². The lowest BCUT2D eigenvalue weighted by atomic mass is 10.0. The maximum atomic E-state index is 12.0. The van der Waals surface area contributed by atoms with E-state index in [0.29, 0.717) is 12.4 Å². The monoisotopic (exact) mass is 396 g/mol. The lowest BCUT2D eigenvalue weighted by Gasteiger charge is -2.37. The predicted molar refractivity (Wildman–Crippen MR) is 110 cm³/mol. The standard InChI is InChI=1S/C23H28N2O4/c1-17-16-28-23(26)25(17)19-10-12-24(13-11-19)15-18-6-5-7-20(14-18)29-22-9-4-3-8-21(22)27-2/h3-9,14,17,19H,10-13,15-16H2,1-2H3. The van der Waals surface area contributed by atoms with Crippen molar-refractivity contribution >= 4 is 6.09 Å². The van der Waals surface area contributed by atoms with E-state index in [0.717, 1.165) is 44.0 Å². The third-order valence-electron chi connectivity index (χ3n) is 5.69. The van der Waals surface area contributed by atoms with Gasteiger partial charge in [0.2, 0.25) is 0 Å². The normalized spacial score (nSPS) is 20.6. The molecule has 2 aliphatic rings. The number of nitrogens with zero attached hydrogens (tertiary/aromatic N) is 2. The number of cyclic esters (lactones) is 1. The highest BCUT2D eigenvalue weighted by molar-refractivity contribution is 5.70. The Morgan fingerprint density at radius 1 is 1.07 bits per heavy atom. The first kappa shape index (κ1) is 19.6. The quantitative estimate of drug-likeness (QED) is 0.729. The minimum atomic E-state index is -0.155. The van der Waals surface area contributed by atoms with Gasteiger partial charge in [-0.3, -0.25) is 9.80 Å². The number of carbonyl (C=O) groups is 1. The zero-order valence-corrected chi connectivity index (χ0v) is 17.0. The summed E-state index contributed by atoms with van der Waals surface area (Å²) in [7, 11) is 1.64. The molecule has 0 aromatic heterocycles. The molecule has 0 saturated carbocycles. The Hall–Kier alpha value is -2.73. The summed E-state index contributed by atoms with van der Waals surface area (Å²) in [5, 5.41) is 0. The number of ether oxygens (including phenoxy) is 3. The summed E-state index contributed by atoms with van der Waals surface area (Å²) in [5.41, 5.74) is 1.21. The highest BCUT2D eigenvalue weighted by Crippen LogP contribution is 2.31. The van der Waals surface area contributed by atoms with Crippen molar-refractivity contribution < 1.29 is 19.0 Å². The van der Waals surface area contributed by atoms with Crippen molar-refractivity contribution in [2.24, 2.45) is 0 Å². The number of likely N-dealkylation sites (tertiary alicyclic amines) is 1. The van der Waals surface area contributed by atoms with Crippen LogP contribution >= 0.6 is 0 Å². The summed E-state index contributed by atoms with van der Waals surface area (Å²) in [4.78, 5) is 16.3. The molecule has 2 aliphatic heterocycles. The van der Waals surface area contributed by atoms with Gasteiger partial charge in [0.05, 0.1) is 13.2 Å². The fourth-order valence-electron chi connectivity index (χ4n) is 4.19. The van der Waals surface area contributed by atoms with E-state index < -0.39 is 0 Å². The first-order valence-electron chi connectivity index (χ1n) is 10.2. The molecule has 6 heteroatoms. The van der Waals surface area contributed by atoms with E-state index in [-0.39, 0.29) is 18.2 Å². The molecule has 2 aromatic carbocycles. The van der Waals surface area contributed by atoms with Crippen LogP contribution in [0.4, 0.5) is 4.79 Å². The van der Waals surface area contributed by atoms with Crippen LogP contribution in [0, 0.1) is 0 Å². The number of hydrogen-bond acceptors (Lipinski definition) is 5. The fourth-order valence-corrected chi connectivity index (χ4v) is 4.19. The van der Waals surface area contributed by atoms with Crippen LogP contribution in [0.5, 0.6) is 17.2 Å². The number of carbonyl (C=O) groups excluding carboxylic acids is 1. The molecule has 1 amide bonds. The van der Waals surface area contributed by atoms with E-state index in [9.17, 15) is 4.79 Å². The van der Waals surface area contributed by atoms with Gasteiger partial charge in [0.15, 0.2) is 11.5 Å². The molecule has 0 N–H and O–H groups in total. The largest absolute Gasteiger partial charge is 0.493 e. The maximum absolute atomic E-state index is 12.0. The van der Waals surface area contributed by atoms with Gasteiger partial charge in [0, 0.05) is 25.7 Å². The zero-order valence-electron chi connectivity index (χ0n) is 17.0. The Labute approximate surface area is 172 Å². The van der Waals surface area contributed by atoms with Crippen molar-refractivity contribution in [3.8, 4) is 17.2 Å². The van der Waals surface area contributed by atoms with Gasteiger partial charge in [-0.05, 0) is 49.6 Å². The molecule has 1 unspecified atom stereocenters. The van der Waals surface area contributed by atoms with Gasteiger partial charge in [0.1, 0.15) is 12.4 Å². The summed E-state index contributed by atoms with van der Waals surface area (Å²) >= 11 is 0. The van der Waals surface area contributed by atoms with Gasteiger partial charge < -0.3 is 14.2 Å². The smallest absolute Gasteiger partial charge is 0.410 e. The first-order chi connectivity index (χ1) is 14.1. The average Bonchev–Trinajstić information content (AvgIpc) is 3.07. The van der Waals surface area contributed by atoms with E-state index in [1.165, 1.54) is 5.56 Å². The summed E-state index contributed by atoms with van der Waals surface area (Å²) in [6.07, 6.45) is 1.81.